The van der Waals surface area contributed by atoms with E-state index in [0.717, 1.165) is 30.7 Å². The van der Waals surface area contributed by atoms with E-state index in [9.17, 15) is 4.79 Å². The Labute approximate surface area is 130 Å². The van der Waals surface area contributed by atoms with E-state index in [2.05, 4.69) is 23.2 Å². The van der Waals surface area contributed by atoms with Crippen molar-refractivity contribution in [1.82, 2.24) is 15.1 Å². The normalized spacial score (nSPS) is 21.6. The molecule has 5 nitrogen and oxygen atoms in total. The minimum absolute atomic E-state index is 0.0243. The van der Waals surface area contributed by atoms with Gasteiger partial charge in [-0.3, -0.25) is 9.89 Å². The first kappa shape index (κ1) is 14.6. The molecule has 116 valence electrons. The molecule has 2 heterocycles. The lowest BCUT2D eigenvalue weighted by Crippen LogP contribution is -2.41. The third kappa shape index (κ3) is 2.71. The molecule has 1 aromatic heterocycles. The van der Waals surface area contributed by atoms with Gasteiger partial charge in [-0.05, 0) is 24.8 Å². The summed E-state index contributed by atoms with van der Waals surface area (Å²) in [6, 6.07) is 8.00. The van der Waals surface area contributed by atoms with Crippen LogP contribution in [0.2, 0.25) is 0 Å². The summed E-state index contributed by atoms with van der Waals surface area (Å²) in [4.78, 5) is 14.8. The monoisotopic (exact) mass is 299 g/mol. The summed E-state index contributed by atoms with van der Waals surface area (Å²) in [6.45, 7) is 2.95. The highest BCUT2D eigenvalue weighted by atomic mass is 16.5. The van der Waals surface area contributed by atoms with Gasteiger partial charge in [0.2, 0.25) is 0 Å². The Kier molecular flexibility index (Phi) is 4.13. The number of aromatic nitrogens is 2. The number of nitrogens with zero attached hydrogens (tertiary/aromatic N) is 2. The van der Waals surface area contributed by atoms with Crippen molar-refractivity contribution < 1.29 is 9.53 Å². The van der Waals surface area contributed by atoms with Gasteiger partial charge in [0, 0.05) is 18.3 Å². The zero-order valence-electron chi connectivity index (χ0n) is 13.0. The van der Waals surface area contributed by atoms with Crippen LogP contribution in [0.4, 0.5) is 0 Å². The second kappa shape index (κ2) is 6.22. The molecule has 1 amide bonds. The number of aromatic amines is 1. The summed E-state index contributed by atoms with van der Waals surface area (Å²) in [5, 5.41) is 6.61. The minimum atomic E-state index is 0.0243. The number of methoxy groups -OCH3 is 1. The summed E-state index contributed by atoms with van der Waals surface area (Å²) in [5.74, 6) is 1.37. The summed E-state index contributed by atoms with van der Waals surface area (Å²) < 4.78 is 5.49. The lowest BCUT2D eigenvalue weighted by Gasteiger charge is -2.39. The molecular weight excluding hydrogens is 278 g/mol. The van der Waals surface area contributed by atoms with E-state index in [-0.39, 0.29) is 11.9 Å². The summed E-state index contributed by atoms with van der Waals surface area (Å²) in [5.41, 5.74) is 1.68. The molecule has 2 aromatic rings. The molecule has 0 saturated carbocycles. The second-order valence-electron chi connectivity index (χ2n) is 5.88. The number of nitrogens with one attached hydrogen (secondary N) is 1. The van der Waals surface area contributed by atoms with Crippen LogP contribution in [-0.2, 0) is 0 Å². The van der Waals surface area contributed by atoms with Gasteiger partial charge in [-0.15, -0.1) is 0 Å². The van der Waals surface area contributed by atoms with Gasteiger partial charge in [0.15, 0.2) is 0 Å². The van der Waals surface area contributed by atoms with E-state index in [1.165, 1.54) is 0 Å². The molecule has 2 unspecified atom stereocenters. The smallest absolute Gasteiger partial charge is 0.257 e. The first-order chi connectivity index (χ1) is 10.7. The van der Waals surface area contributed by atoms with Crippen molar-refractivity contribution in [1.29, 1.82) is 0 Å². The van der Waals surface area contributed by atoms with Gasteiger partial charge in [-0.1, -0.05) is 25.1 Å². The number of H-pyrrole nitrogens is 1. The van der Waals surface area contributed by atoms with Crippen molar-refractivity contribution in [2.45, 2.75) is 25.8 Å². The van der Waals surface area contributed by atoms with Gasteiger partial charge in [-0.2, -0.15) is 5.10 Å². The minimum Gasteiger partial charge on any atom is -0.496 e. The molecule has 1 aliphatic heterocycles. The Hall–Kier alpha value is -2.30. The average Bonchev–Trinajstić information content (AvgIpc) is 3.08. The molecule has 22 heavy (non-hydrogen) atoms. The van der Waals surface area contributed by atoms with Gasteiger partial charge < -0.3 is 9.64 Å². The quantitative estimate of drug-likeness (QED) is 0.947. The summed E-state index contributed by atoms with van der Waals surface area (Å²) >= 11 is 0. The van der Waals surface area contributed by atoms with Gasteiger partial charge in [0.25, 0.3) is 5.91 Å². The Balaban J connectivity index is 1.95. The number of para-hydroxylation sites is 1. The molecule has 2 atom stereocenters. The zero-order chi connectivity index (χ0) is 15.5. The molecule has 1 aromatic carbocycles. The number of amides is 1. The van der Waals surface area contributed by atoms with E-state index in [1.807, 2.05) is 23.1 Å². The maximum Gasteiger partial charge on any atom is 0.257 e. The van der Waals surface area contributed by atoms with Crippen molar-refractivity contribution in [3.8, 4) is 5.75 Å². The average molecular weight is 299 g/mol. The van der Waals surface area contributed by atoms with Crippen molar-refractivity contribution in [3.63, 3.8) is 0 Å². The summed E-state index contributed by atoms with van der Waals surface area (Å²) in [7, 11) is 1.67. The van der Waals surface area contributed by atoms with E-state index < -0.39 is 0 Å². The van der Waals surface area contributed by atoms with Crippen LogP contribution in [0.1, 0.15) is 41.7 Å². The predicted octanol–water partition coefficient (Wildman–Crippen LogP) is 3.03. The van der Waals surface area contributed by atoms with Crippen molar-refractivity contribution in [3.05, 3.63) is 47.8 Å². The number of ether oxygens (including phenoxy) is 1. The number of carbonyl (C=O) groups excluding carboxylic acids is 1. The molecule has 3 rings (SSSR count). The number of benzene rings is 1. The van der Waals surface area contributed by atoms with Gasteiger partial charge in [0.1, 0.15) is 5.75 Å². The van der Waals surface area contributed by atoms with Gasteiger partial charge >= 0.3 is 0 Å². The van der Waals surface area contributed by atoms with Crippen LogP contribution in [0.25, 0.3) is 0 Å². The zero-order valence-corrected chi connectivity index (χ0v) is 13.0. The first-order valence-electron chi connectivity index (χ1n) is 7.63. The molecule has 1 aliphatic rings. The topological polar surface area (TPSA) is 58.2 Å². The predicted molar refractivity (Wildman–Crippen MR) is 83.8 cm³/mol. The Morgan fingerprint density at radius 3 is 2.91 bits per heavy atom. The number of rotatable bonds is 3. The third-order valence-electron chi connectivity index (χ3n) is 4.32. The highest BCUT2D eigenvalue weighted by molar-refractivity contribution is 5.94. The molecule has 5 heteroatoms. The van der Waals surface area contributed by atoms with Crippen LogP contribution >= 0.6 is 0 Å². The Morgan fingerprint density at radius 2 is 2.18 bits per heavy atom. The molecule has 0 radical (unpaired) electrons. The molecular formula is C17H21N3O2. The molecule has 1 N–H and O–H groups in total. The Bertz CT molecular complexity index is 639. The van der Waals surface area contributed by atoms with Crippen LogP contribution in [0, 0.1) is 5.92 Å². The Morgan fingerprint density at radius 1 is 1.36 bits per heavy atom. The van der Waals surface area contributed by atoms with Crippen LogP contribution in [0.5, 0.6) is 5.75 Å². The molecule has 1 fully saturated rings. The molecule has 0 spiro atoms. The fourth-order valence-corrected chi connectivity index (χ4v) is 3.18. The highest BCUT2D eigenvalue weighted by Gasteiger charge is 2.33. The van der Waals surface area contributed by atoms with Crippen LogP contribution in [0.3, 0.4) is 0 Å². The van der Waals surface area contributed by atoms with Gasteiger partial charge in [-0.25, -0.2) is 0 Å². The molecule has 0 aliphatic carbocycles. The van der Waals surface area contributed by atoms with Crippen molar-refractivity contribution >= 4 is 5.91 Å². The van der Waals surface area contributed by atoms with Crippen LogP contribution < -0.4 is 4.74 Å². The molecule has 1 saturated heterocycles. The number of likely N-dealkylation sites (tertiary alicyclic amines) is 1. The fraction of sp³-hybridized carbons (Fsp3) is 0.412. The SMILES string of the molecule is COc1ccccc1C1CCC(C)CN1C(=O)c1cn[nH]c1. The van der Waals surface area contributed by atoms with E-state index in [4.69, 9.17) is 4.74 Å². The number of carbonyl (C=O) groups is 1. The van der Waals surface area contributed by atoms with Crippen LogP contribution in [-0.4, -0.2) is 34.7 Å². The fourth-order valence-electron chi connectivity index (χ4n) is 3.18. The third-order valence-corrected chi connectivity index (χ3v) is 4.32. The second-order valence-corrected chi connectivity index (χ2v) is 5.88. The maximum absolute atomic E-state index is 12.8. The van der Waals surface area contributed by atoms with Crippen molar-refractivity contribution in [2.24, 2.45) is 5.92 Å². The number of hydrogen-bond acceptors (Lipinski definition) is 3. The largest absolute Gasteiger partial charge is 0.496 e. The summed E-state index contributed by atoms with van der Waals surface area (Å²) in [6.07, 6.45) is 5.30. The standard InChI is InChI=1S/C17H21N3O2/c1-12-7-8-15(14-5-3-4-6-16(14)22-2)20(11-12)17(21)13-9-18-19-10-13/h3-6,9-10,12,15H,7-8,11H2,1-2H3,(H,18,19). The van der Waals surface area contributed by atoms with E-state index in [1.54, 1.807) is 19.5 Å². The van der Waals surface area contributed by atoms with E-state index >= 15 is 0 Å². The lowest BCUT2D eigenvalue weighted by molar-refractivity contribution is 0.0541. The van der Waals surface area contributed by atoms with E-state index in [0.29, 0.717) is 11.5 Å². The van der Waals surface area contributed by atoms with Crippen molar-refractivity contribution in [2.75, 3.05) is 13.7 Å². The lowest BCUT2D eigenvalue weighted by atomic mass is 9.89. The number of hydrogen-bond donors (Lipinski definition) is 1. The van der Waals surface area contributed by atoms with Crippen LogP contribution in [0.15, 0.2) is 36.7 Å². The number of piperidine rings is 1. The molecule has 0 bridgehead atoms. The maximum atomic E-state index is 12.8. The first-order valence-corrected chi connectivity index (χ1v) is 7.63. The van der Waals surface area contributed by atoms with Gasteiger partial charge in [0.05, 0.1) is 24.9 Å². The highest BCUT2D eigenvalue weighted by Crippen LogP contribution is 2.38.